The number of carbonyl (C=O) groups is 1. The van der Waals surface area contributed by atoms with Crippen molar-refractivity contribution in [2.45, 2.75) is 6.92 Å². The molecule has 2 heterocycles. The van der Waals surface area contributed by atoms with Crippen LogP contribution < -0.4 is 0 Å². The van der Waals surface area contributed by atoms with Gasteiger partial charge in [-0.3, -0.25) is 9.89 Å². The fourth-order valence-electron chi connectivity index (χ4n) is 1.12. The van der Waals surface area contributed by atoms with Crippen LogP contribution in [0.15, 0.2) is 12.1 Å². The summed E-state index contributed by atoms with van der Waals surface area (Å²) in [5.41, 5.74) is 1.58. The van der Waals surface area contributed by atoms with Gasteiger partial charge in [0.25, 0.3) is 0 Å². The Morgan fingerprint density at radius 1 is 1.54 bits per heavy atom. The second-order valence-electron chi connectivity index (χ2n) is 2.66. The van der Waals surface area contributed by atoms with Crippen LogP contribution >= 0.6 is 11.6 Å². The topological polar surface area (TPSA) is 58.6 Å². The van der Waals surface area contributed by atoms with Gasteiger partial charge in [-0.15, -0.1) is 0 Å². The highest BCUT2D eigenvalue weighted by Crippen LogP contribution is 2.16. The number of nitrogens with one attached hydrogen (secondary N) is 1. The van der Waals surface area contributed by atoms with Gasteiger partial charge in [0, 0.05) is 6.92 Å². The molecule has 0 amide bonds. The minimum atomic E-state index is -0.124. The molecule has 0 unspecified atom stereocenters. The molecule has 13 heavy (non-hydrogen) atoms. The van der Waals surface area contributed by atoms with E-state index in [1.54, 1.807) is 12.1 Å². The molecule has 2 rings (SSSR count). The van der Waals surface area contributed by atoms with Crippen LogP contribution in [-0.2, 0) is 0 Å². The third kappa shape index (κ3) is 1.29. The zero-order valence-corrected chi connectivity index (χ0v) is 7.59. The lowest BCUT2D eigenvalue weighted by molar-refractivity contribution is 0.101. The molecule has 0 fully saturated rings. The van der Waals surface area contributed by atoms with Crippen LogP contribution in [0.1, 0.15) is 17.4 Å². The molecule has 0 aliphatic rings. The number of ketones is 1. The largest absolute Gasteiger partial charge is 0.293 e. The van der Waals surface area contributed by atoms with Gasteiger partial charge in [-0.05, 0) is 12.1 Å². The van der Waals surface area contributed by atoms with Crippen molar-refractivity contribution >= 4 is 28.4 Å². The van der Waals surface area contributed by atoms with E-state index in [0.29, 0.717) is 16.4 Å². The number of hydrogen-bond donors (Lipinski definition) is 1. The lowest BCUT2D eigenvalue weighted by Crippen LogP contribution is -1.93. The summed E-state index contributed by atoms with van der Waals surface area (Å²) in [6, 6.07) is 3.39. The summed E-state index contributed by atoms with van der Waals surface area (Å²) >= 11 is 5.69. The van der Waals surface area contributed by atoms with Crippen molar-refractivity contribution in [3.05, 3.63) is 23.0 Å². The number of nitrogens with zero attached hydrogens (tertiary/aromatic N) is 2. The maximum absolute atomic E-state index is 11.1. The highest BCUT2D eigenvalue weighted by Gasteiger charge is 2.10. The molecule has 0 aliphatic heterocycles. The number of pyridine rings is 1. The highest BCUT2D eigenvalue weighted by atomic mass is 35.5. The number of rotatable bonds is 1. The number of carbonyl (C=O) groups excluding carboxylic acids is 1. The summed E-state index contributed by atoms with van der Waals surface area (Å²) in [4.78, 5) is 15.1. The van der Waals surface area contributed by atoms with E-state index in [2.05, 4.69) is 15.2 Å². The third-order valence-corrected chi connectivity index (χ3v) is 1.92. The van der Waals surface area contributed by atoms with Crippen molar-refractivity contribution < 1.29 is 4.79 Å². The maximum Gasteiger partial charge on any atom is 0.182 e. The predicted molar refractivity (Wildman–Crippen MR) is 48.9 cm³/mol. The van der Waals surface area contributed by atoms with Gasteiger partial charge in [-0.2, -0.15) is 5.10 Å². The summed E-state index contributed by atoms with van der Waals surface area (Å²) in [5, 5.41) is 6.90. The average molecular weight is 196 g/mol. The van der Waals surface area contributed by atoms with E-state index in [0.717, 1.165) is 5.52 Å². The number of H-pyrrole nitrogens is 1. The maximum atomic E-state index is 11.1. The Labute approximate surface area is 78.9 Å². The molecule has 1 N–H and O–H groups in total. The lowest BCUT2D eigenvalue weighted by Gasteiger charge is -1.90. The molecule has 0 saturated heterocycles. The normalized spacial score (nSPS) is 10.6. The molecule has 0 aliphatic carbocycles. The minimum Gasteiger partial charge on any atom is -0.293 e. The number of aromatic amines is 1. The Bertz CT molecular complexity index is 477. The molecule has 0 radical (unpaired) electrons. The Balaban J connectivity index is 2.79. The number of aromatic nitrogens is 3. The molecule has 5 heteroatoms. The van der Waals surface area contributed by atoms with Crippen molar-refractivity contribution in [2.75, 3.05) is 0 Å². The van der Waals surface area contributed by atoms with E-state index < -0.39 is 0 Å². The first-order valence-corrected chi connectivity index (χ1v) is 4.08. The first kappa shape index (κ1) is 8.19. The molecule has 0 saturated carbocycles. The van der Waals surface area contributed by atoms with E-state index in [4.69, 9.17) is 11.6 Å². The number of Topliss-reactive ketones (excluding diaryl/α,β-unsaturated/α-hetero) is 1. The molecule has 2 aromatic heterocycles. The monoisotopic (exact) mass is 195 g/mol. The summed E-state index contributed by atoms with van der Waals surface area (Å²) in [6.45, 7) is 1.44. The standard InChI is InChI=1S/C8H6ClN3O/c1-4(13)7-8-5(11-12-7)2-3-6(9)10-8/h2-3H,1H3,(H,11,12). The molecule has 2 aromatic rings. The van der Waals surface area contributed by atoms with Gasteiger partial charge in [-0.1, -0.05) is 11.6 Å². The smallest absolute Gasteiger partial charge is 0.182 e. The summed E-state index contributed by atoms with van der Waals surface area (Å²) in [7, 11) is 0. The molecule has 66 valence electrons. The summed E-state index contributed by atoms with van der Waals surface area (Å²) < 4.78 is 0. The Morgan fingerprint density at radius 2 is 2.31 bits per heavy atom. The third-order valence-electron chi connectivity index (χ3n) is 1.71. The summed E-state index contributed by atoms with van der Waals surface area (Å²) in [6.07, 6.45) is 0. The SMILES string of the molecule is CC(=O)c1n[nH]c2ccc(Cl)nc12. The van der Waals surface area contributed by atoms with E-state index >= 15 is 0 Å². The van der Waals surface area contributed by atoms with Crippen LogP contribution in [0.4, 0.5) is 0 Å². The van der Waals surface area contributed by atoms with E-state index in [9.17, 15) is 4.79 Å². The second-order valence-corrected chi connectivity index (χ2v) is 3.05. The van der Waals surface area contributed by atoms with Gasteiger partial charge < -0.3 is 0 Å². The van der Waals surface area contributed by atoms with Crippen molar-refractivity contribution in [3.8, 4) is 0 Å². The van der Waals surface area contributed by atoms with Crippen LogP contribution in [0.2, 0.25) is 5.15 Å². The van der Waals surface area contributed by atoms with Gasteiger partial charge in [0.1, 0.15) is 10.7 Å². The second kappa shape index (κ2) is 2.81. The van der Waals surface area contributed by atoms with Crippen LogP contribution in [0.25, 0.3) is 11.0 Å². The Hall–Kier alpha value is -1.42. The zero-order chi connectivity index (χ0) is 9.42. The zero-order valence-electron chi connectivity index (χ0n) is 6.84. The van der Waals surface area contributed by atoms with Crippen molar-refractivity contribution in [3.63, 3.8) is 0 Å². The number of halogens is 1. The first-order valence-electron chi connectivity index (χ1n) is 3.70. The highest BCUT2D eigenvalue weighted by molar-refractivity contribution is 6.29. The minimum absolute atomic E-state index is 0.124. The van der Waals surface area contributed by atoms with E-state index in [1.807, 2.05) is 0 Å². The summed E-state index contributed by atoms with van der Waals surface area (Å²) in [5.74, 6) is -0.124. The van der Waals surface area contributed by atoms with E-state index in [-0.39, 0.29) is 5.78 Å². The van der Waals surface area contributed by atoms with Gasteiger partial charge >= 0.3 is 0 Å². The Morgan fingerprint density at radius 3 is 3.00 bits per heavy atom. The average Bonchev–Trinajstić information content (AvgIpc) is 2.46. The van der Waals surface area contributed by atoms with Gasteiger partial charge in [0.15, 0.2) is 11.5 Å². The Kier molecular flexibility index (Phi) is 1.77. The fourth-order valence-corrected chi connectivity index (χ4v) is 1.27. The van der Waals surface area contributed by atoms with Crippen LogP contribution in [0.3, 0.4) is 0 Å². The van der Waals surface area contributed by atoms with Crippen LogP contribution in [-0.4, -0.2) is 21.0 Å². The molecular formula is C8H6ClN3O. The van der Waals surface area contributed by atoms with Crippen molar-refractivity contribution in [1.82, 2.24) is 15.2 Å². The molecule has 0 aromatic carbocycles. The molecule has 0 spiro atoms. The van der Waals surface area contributed by atoms with Gasteiger partial charge in [-0.25, -0.2) is 4.98 Å². The molecular weight excluding hydrogens is 190 g/mol. The predicted octanol–water partition coefficient (Wildman–Crippen LogP) is 1.81. The van der Waals surface area contributed by atoms with Crippen LogP contribution in [0, 0.1) is 0 Å². The van der Waals surface area contributed by atoms with Gasteiger partial charge in [0.05, 0.1) is 5.52 Å². The fraction of sp³-hybridized carbons (Fsp3) is 0.125. The van der Waals surface area contributed by atoms with E-state index in [1.165, 1.54) is 6.92 Å². The number of fused-ring (bicyclic) bond motifs is 1. The number of hydrogen-bond acceptors (Lipinski definition) is 3. The van der Waals surface area contributed by atoms with Crippen molar-refractivity contribution in [1.29, 1.82) is 0 Å². The quantitative estimate of drug-likeness (QED) is 0.558. The molecule has 0 bridgehead atoms. The van der Waals surface area contributed by atoms with Gasteiger partial charge in [0.2, 0.25) is 0 Å². The van der Waals surface area contributed by atoms with Crippen molar-refractivity contribution in [2.24, 2.45) is 0 Å². The first-order chi connectivity index (χ1) is 6.18. The van der Waals surface area contributed by atoms with Crippen LogP contribution in [0.5, 0.6) is 0 Å². The molecule has 0 atom stereocenters. The molecule has 4 nitrogen and oxygen atoms in total. The lowest BCUT2D eigenvalue weighted by atomic mass is 10.2.